The highest BCUT2D eigenvalue weighted by molar-refractivity contribution is 5.99. The molecule has 0 bridgehead atoms. The number of aliphatic hydroxyl groups is 1. The molecule has 22 heteroatoms. The van der Waals surface area contributed by atoms with Crippen LogP contribution in [0.2, 0.25) is 0 Å². The number of aryl methyl sites for hydroxylation is 1. The molecule has 2 aromatic heterocycles. The number of nitrogens with one attached hydrogen (secondary N) is 6. The minimum atomic E-state index is -2.07. The highest BCUT2D eigenvalue weighted by atomic mass is 19.1. The van der Waals surface area contributed by atoms with Gasteiger partial charge < -0.3 is 55.9 Å². The first-order valence-electron chi connectivity index (χ1n) is 28.3. The molecule has 7 amide bonds. The average Bonchev–Trinajstić information content (AvgIpc) is 1.87. The van der Waals surface area contributed by atoms with Gasteiger partial charge in [-0.25, -0.2) is 14.2 Å². The molecule has 6 aromatic rings. The topological polar surface area (TPSA) is 286 Å². The molecule has 3 atom stereocenters. The Morgan fingerprint density at radius 3 is 2.28 bits per heavy atom. The van der Waals surface area contributed by atoms with Crippen molar-refractivity contribution >= 4 is 76.1 Å². The maximum atomic E-state index is 15.5. The predicted molar refractivity (Wildman–Crippen MR) is 310 cm³/mol. The van der Waals surface area contributed by atoms with E-state index in [0.717, 1.165) is 22.4 Å². The number of hydrogen-bond donors (Lipinski definition) is 7. The standard InChI is InChI=1S/C63H64FN9O12/c1-3-63(83)44-28-50-59-42(34-73(50)61(81)43(44)35-85-62(63)82)58-46(20-19-41-36(2)45(64)29-47(71-59)57(41)58)69-55(78)32-68-60(80)48(27-37-11-5-4-6-12-37)70-54(77)31-67-53(76)30-66-52(75)23-25-84-26-24-65-51(74)21-22-56(79)72-33-40-15-8-7-13-38(40)17-18-39-14-9-10-16-49(39)72/h4-18,28-29,46,48,83H,3,19-27,30-35H2,1-2H3,(H,65,74)(H,66,75)(H,67,76)(H,68,80)(H,69,78)(H,70,77)/b18-17-/t46?,48-,63+/m1/s1. The van der Waals surface area contributed by atoms with Gasteiger partial charge in [0.2, 0.25) is 41.4 Å². The minimum Gasteiger partial charge on any atom is -0.458 e. The molecule has 0 radical (unpaired) electrons. The van der Waals surface area contributed by atoms with Crippen molar-refractivity contribution < 1.29 is 57.3 Å². The van der Waals surface area contributed by atoms with Gasteiger partial charge in [0.1, 0.15) is 18.5 Å². The largest absolute Gasteiger partial charge is 0.458 e. The second kappa shape index (κ2) is 25.6. The molecule has 7 N–H and O–H groups in total. The van der Waals surface area contributed by atoms with Crippen LogP contribution in [0.4, 0.5) is 10.1 Å². The molecular weight excluding hydrogens is 1090 g/mol. The second-order valence-electron chi connectivity index (χ2n) is 21.3. The first-order chi connectivity index (χ1) is 41.0. The highest BCUT2D eigenvalue weighted by Gasteiger charge is 2.46. The van der Waals surface area contributed by atoms with Crippen LogP contribution in [0.5, 0.6) is 0 Å². The van der Waals surface area contributed by atoms with Crippen LogP contribution in [-0.2, 0) is 86.0 Å². The summed E-state index contributed by atoms with van der Waals surface area (Å²) in [6, 6.07) is 25.3. The Labute approximate surface area is 487 Å². The molecule has 0 fully saturated rings. The van der Waals surface area contributed by atoms with Crippen molar-refractivity contribution in [3.63, 3.8) is 0 Å². The lowest BCUT2D eigenvalue weighted by Gasteiger charge is -2.31. The summed E-state index contributed by atoms with van der Waals surface area (Å²) in [5.41, 5.74) is 5.35. The van der Waals surface area contributed by atoms with E-state index in [-0.39, 0.29) is 88.0 Å². The fraction of sp³-hybridized carbons (Fsp3) is 0.333. The number of nitrogens with zero attached hydrogens (tertiary/aromatic N) is 3. The number of carbonyl (C=O) groups excluding carboxylic acids is 8. The number of pyridine rings is 2. The Kier molecular flexibility index (Phi) is 17.7. The number of aromatic nitrogens is 2. The summed E-state index contributed by atoms with van der Waals surface area (Å²) in [6.07, 6.45) is 4.55. The number of benzene rings is 4. The number of ether oxygens (including phenoxy) is 2. The molecule has 3 aliphatic heterocycles. The van der Waals surface area contributed by atoms with Crippen LogP contribution < -0.4 is 42.4 Å². The number of amides is 7. The van der Waals surface area contributed by atoms with E-state index < -0.39 is 84.2 Å². The lowest BCUT2D eigenvalue weighted by atomic mass is 9.81. The molecular formula is C63H64FN9O12. The molecule has 0 saturated carbocycles. The number of anilines is 1. The van der Waals surface area contributed by atoms with Crippen LogP contribution in [0, 0.1) is 12.7 Å². The van der Waals surface area contributed by atoms with Gasteiger partial charge in [-0.2, -0.15) is 0 Å². The van der Waals surface area contributed by atoms with Gasteiger partial charge >= 0.3 is 5.97 Å². The summed E-state index contributed by atoms with van der Waals surface area (Å²) in [7, 11) is 0. The van der Waals surface area contributed by atoms with Gasteiger partial charge in [0.05, 0.1) is 80.1 Å². The van der Waals surface area contributed by atoms with Crippen molar-refractivity contribution in [2.24, 2.45) is 0 Å². The summed E-state index contributed by atoms with van der Waals surface area (Å²) in [4.78, 5) is 126. The average molecular weight is 1160 g/mol. The third-order valence-electron chi connectivity index (χ3n) is 15.9. The highest BCUT2D eigenvalue weighted by Crippen LogP contribution is 2.46. The van der Waals surface area contributed by atoms with Crippen molar-refractivity contribution in [2.75, 3.05) is 44.3 Å². The van der Waals surface area contributed by atoms with Crippen molar-refractivity contribution in [3.05, 3.63) is 163 Å². The van der Waals surface area contributed by atoms with Gasteiger partial charge in [-0.15, -0.1) is 0 Å². The number of halogens is 1. The molecule has 0 saturated heterocycles. The number of fused-ring (bicyclic) bond motifs is 7. The smallest absolute Gasteiger partial charge is 0.343 e. The summed E-state index contributed by atoms with van der Waals surface area (Å²) in [5.74, 6) is -5.07. The molecule has 1 aliphatic carbocycles. The molecule has 10 rings (SSSR count). The fourth-order valence-corrected chi connectivity index (χ4v) is 11.4. The van der Waals surface area contributed by atoms with E-state index in [1.807, 2.05) is 60.7 Å². The fourth-order valence-electron chi connectivity index (χ4n) is 11.4. The summed E-state index contributed by atoms with van der Waals surface area (Å²) < 4.78 is 27.7. The second-order valence-corrected chi connectivity index (χ2v) is 21.3. The Morgan fingerprint density at radius 1 is 0.776 bits per heavy atom. The molecule has 21 nitrogen and oxygen atoms in total. The van der Waals surface area contributed by atoms with Crippen LogP contribution in [0.3, 0.4) is 0 Å². The van der Waals surface area contributed by atoms with Crippen molar-refractivity contribution in [2.45, 2.75) is 96.2 Å². The molecule has 85 heavy (non-hydrogen) atoms. The lowest BCUT2D eigenvalue weighted by Crippen LogP contribution is -2.52. The normalized spacial score (nSPS) is 16.8. The van der Waals surface area contributed by atoms with Gasteiger partial charge in [-0.1, -0.05) is 91.9 Å². The number of rotatable bonds is 21. The van der Waals surface area contributed by atoms with Gasteiger partial charge in [-0.3, -0.25) is 38.4 Å². The van der Waals surface area contributed by atoms with Crippen LogP contribution in [0.1, 0.15) is 101 Å². The summed E-state index contributed by atoms with van der Waals surface area (Å²) in [5, 5.41) is 27.9. The van der Waals surface area contributed by atoms with Gasteiger partial charge in [-0.05, 0) is 77.3 Å². The van der Waals surface area contributed by atoms with E-state index in [2.05, 4.69) is 31.9 Å². The third kappa shape index (κ3) is 12.7. The molecule has 4 aromatic carbocycles. The Hall–Kier alpha value is -9.41. The van der Waals surface area contributed by atoms with Gasteiger partial charge in [0, 0.05) is 54.8 Å². The monoisotopic (exact) mass is 1160 g/mol. The summed E-state index contributed by atoms with van der Waals surface area (Å²) in [6.45, 7) is 2.05. The maximum Gasteiger partial charge on any atom is 0.343 e. The zero-order valence-electron chi connectivity index (χ0n) is 46.9. The number of cyclic esters (lactones) is 1. The number of esters is 1. The molecule has 4 aliphatic rings. The van der Waals surface area contributed by atoms with E-state index >= 15 is 4.39 Å². The Bertz CT molecular complexity index is 3770. The Morgan fingerprint density at radius 2 is 1.48 bits per heavy atom. The van der Waals surface area contributed by atoms with Crippen molar-refractivity contribution in [1.82, 2.24) is 41.5 Å². The van der Waals surface area contributed by atoms with Crippen molar-refractivity contribution in [3.8, 4) is 11.4 Å². The van der Waals surface area contributed by atoms with E-state index in [4.69, 9.17) is 14.5 Å². The van der Waals surface area contributed by atoms with E-state index in [1.165, 1.54) is 10.6 Å². The zero-order valence-corrected chi connectivity index (χ0v) is 46.9. The number of carbonyl (C=O) groups is 8. The van der Waals surface area contributed by atoms with Crippen LogP contribution in [0.25, 0.3) is 34.4 Å². The quantitative estimate of drug-likeness (QED) is 0.0400. The van der Waals surface area contributed by atoms with Crippen molar-refractivity contribution in [1.29, 1.82) is 0 Å². The molecule has 5 heterocycles. The van der Waals surface area contributed by atoms with Gasteiger partial charge in [0.25, 0.3) is 5.56 Å². The zero-order chi connectivity index (χ0) is 59.9. The number of hydrogen-bond acceptors (Lipinski definition) is 13. The first-order valence-corrected chi connectivity index (χ1v) is 28.3. The third-order valence-corrected chi connectivity index (χ3v) is 15.9. The van der Waals surface area contributed by atoms with Crippen LogP contribution >= 0.6 is 0 Å². The Balaban J connectivity index is 0.674. The summed E-state index contributed by atoms with van der Waals surface area (Å²) >= 11 is 0. The van der Waals surface area contributed by atoms with Crippen LogP contribution in [-0.4, -0.2) is 107 Å². The van der Waals surface area contributed by atoms with Crippen LogP contribution in [0.15, 0.2) is 95.8 Å². The lowest BCUT2D eigenvalue weighted by molar-refractivity contribution is -0.172. The van der Waals surface area contributed by atoms with E-state index in [9.17, 15) is 48.3 Å². The SMILES string of the molecule is CC[C@@]1(O)C(=O)OCc2c1cc1n(c2=O)Cc2c-1nc1cc(F)c(C)c3c1c2C(NC(=O)CNC(=O)[C@@H](Cc1ccccc1)NC(=O)CNC(=O)CNC(=O)CCOCCNC(=O)CCC(=O)N1Cc2ccccc2/C=C\c2ccccc21)CC3. The molecule has 440 valence electrons. The first kappa shape index (κ1) is 58.8. The minimum absolute atomic E-state index is 0.00550. The van der Waals surface area contributed by atoms with E-state index in [0.29, 0.717) is 69.5 Å². The maximum absolute atomic E-state index is 15.5. The van der Waals surface area contributed by atoms with Gasteiger partial charge in [0.15, 0.2) is 5.60 Å². The molecule has 0 spiro atoms. The molecule has 1 unspecified atom stereocenters. The number of para-hydroxylation sites is 1. The van der Waals surface area contributed by atoms with E-state index in [1.54, 1.807) is 55.1 Å². The predicted octanol–water partition coefficient (Wildman–Crippen LogP) is 3.73.